The van der Waals surface area contributed by atoms with E-state index in [2.05, 4.69) is 0 Å². The Morgan fingerprint density at radius 1 is 0.941 bits per heavy atom. The number of aliphatic hydroxyl groups is 1. The molecule has 0 saturated carbocycles. The monoisotopic (exact) mass is 251 g/mol. The average Bonchev–Trinajstić information content (AvgIpc) is 2.31. The Kier molecular flexibility index (Phi) is 10.7. The maximum Gasteiger partial charge on any atom is 0.0973 e. The summed E-state index contributed by atoms with van der Waals surface area (Å²) in [6, 6.07) is 0. The van der Waals surface area contributed by atoms with Crippen LogP contribution in [0.15, 0.2) is 0 Å². The maximum absolute atomic E-state index is 9.52. The minimum atomic E-state index is -0.955. The molecule has 6 nitrogen and oxygen atoms in total. The molecular formula is C11H25NO5. The highest BCUT2D eigenvalue weighted by atomic mass is 16.6. The Labute approximate surface area is 103 Å². The van der Waals surface area contributed by atoms with Crippen molar-refractivity contribution in [3.05, 3.63) is 0 Å². The van der Waals surface area contributed by atoms with Crippen LogP contribution < -0.4 is 5.73 Å². The second-order valence-electron chi connectivity index (χ2n) is 3.97. The Hall–Kier alpha value is -0.240. The van der Waals surface area contributed by atoms with Crippen LogP contribution >= 0.6 is 0 Å². The number of ether oxygens (including phenoxy) is 4. The van der Waals surface area contributed by atoms with Gasteiger partial charge >= 0.3 is 0 Å². The maximum atomic E-state index is 9.52. The van der Waals surface area contributed by atoms with Crippen LogP contribution in [0.2, 0.25) is 0 Å². The van der Waals surface area contributed by atoms with Crippen molar-refractivity contribution in [1.82, 2.24) is 0 Å². The zero-order valence-electron chi connectivity index (χ0n) is 10.8. The van der Waals surface area contributed by atoms with E-state index in [4.69, 9.17) is 24.7 Å². The van der Waals surface area contributed by atoms with Gasteiger partial charge < -0.3 is 29.8 Å². The van der Waals surface area contributed by atoms with Gasteiger partial charge in [0.25, 0.3) is 0 Å². The topological polar surface area (TPSA) is 83.2 Å². The Morgan fingerprint density at radius 2 is 1.41 bits per heavy atom. The predicted octanol–water partition coefficient (Wildman–Crippen LogP) is -0.608. The largest absolute Gasteiger partial charge is 0.386 e. The molecule has 6 heteroatoms. The Balaban J connectivity index is 3.09. The molecule has 0 heterocycles. The first kappa shape index (κ1) is 16.8. The standard InChI is InChI=1S/C11H25NO5/c1-11(13,9-12)10-17-8-7-16-6-5-15-4-3-14-2/h13H,3-10,12H2,1-2H3. The van der Waals surface area contributed by atoms with Gasteiger partial charge in [-0.25, -0.2) is 0 Å². The van der Waals surface area contributed by atoms with Gasteiger partial charge in [0.15, 0.2) is 0 Å². The van der Waals surface area contributed by atoms with Crippen molar-refractivity contribution < 1.29 is 24.1 Å². The average molecular weight is 251 g/mol. The van der Waals surface area contributed by atoms with Crippen LogP contribution in [0.3, 0.4) is 0 Å². The lowest BCUT2D eigenvalue weighted by Crippen LogP contribution is -2.39. The summed E-state index contributed by atoms with van der Waals surface area (Å²) in [5.74, 6) is 0. The molecule has 0 rings (SSSR count). The molecule has 0 fully saturated rings. The lowest BCUT2D eigenvalue weighted by molar-refractivity contribution is -0.0476. The summed E-state index contributed by atoms with van der Waals surface area (Å²) in [5.41, 5.74) is 4.38. The SMILES string of the molecule is COCCOCCOCCOCC(C)(O)CN. The van der Waals surface area contributed by atoms with Crippen LogP contribution in [0.1, 0.15) is 6.92 Å². The molecule has 0 aliphatic heterocycles. The molecule has 0 saturated heterocycles. The first-order chi connectivity index (χ1) is 8.12. The molecule has 0 amide bonds. The van der Waals surface area contributed by atoms with Crippen molar-refractivity contribution >= 4 is 0 Å². The number of rotatable bonds is 12. The van der Waals surface area contributed by atoms with E-state index in [-0.39, 0.29) is 13.2 Å². The molecule has 3 N–H and O–H groups in total. The van der Waals surface area contributed by atoms with Gasteiger partial charge in [0.05, 0.1) is 51.8 Å². The van der Waals surface area contributed by atoms with E-state index in [1.807, 2.05) is 0 Å². The van der Waals surface area contributed by atoms with Gasteiger partial charge in [-0.15, -0.1) is 0 Å². The summed E-state index contributed by atoms with van der Waals surface area (Å²) in [7, 11) is 1.63. The lowest BCUT2D eigenvalue weighted by Gasteiger charge is -2.20. The minimum absolute atomic E-state index is 0.182. The minimum Gasteiger partial charge on any atom is -0.386 e. The Morgan fingerprint density at radius 3 is 1.88 bits per heavy atom. The molecule has 0 aromatic heterocycles. The summed E-state index contributed by atoms with van der Waals surface area (Å²) in [6.45, 7) is 5.20. The summed E-state index contributed by atoms with van der Waals surface area (Å²) in [6.07, 6.45) is 0. The van der Waals surface area contributed by atoms with E-state index in [1.165, 1.54) is 0 Å². The first-order valence-electron chi connectivity index (χ1n) is 5.77. The molecule has 0 aliphatic carbocycles. The molecule has 1 unspecified atom stereocenters. The van der Waals surface area contributed by atoms with Crippen LogP contribution in [-0.2, 0) is 18.9 Å². The van der Waals surface area contributed by atoms with E-state index in [1.54, 1.807) is 14.0 Å². The van der Waals surface area contributed by atoms with E-state index < -0.39 is 5.60 Å². The number of hydrogen-bond acceptors (Lipinski definition) is 6. The van der Waals surface area contributed by atoms with Crippen LogP contribution in [0.5, 0.6) is 0 Å². The van der Waals surface area contributed by atoms with Gasteiger partial charge in [-0.1, -0.05) is 0 Å². The highest BCUT2D eigenvalue weighted by molar-refractivity contribution is 4.71. The van der Waals surface area contributed by atoms with Gasteiger partial charge in [-0.3, -0.25) is 0 Å². The fourth-order valence-electron chi connectivity index (χ4n) is 0.933. The number of hydrogen-bond donors (Lipinski definition) is 2. The van der Waals surface area contributed by atoms with E-state index >= 15 is 0 Å². The summed E-state index contributed by atoms with van der Waals surface area (Å²) in [4.78, 5) is 0. The van der Waals surface area contributed by atoms with Crippen molar-refractivity contribution in [2.75, 3.05) is 59.9 Å². The van der Waals surface area contributed by atoms with Crippen LogP contribution in [0.4, 0.5) is 0 Å². The quantitative estimate of drug-likeness (QED) is 0.450. The lowest BCUT2D eigenvalue weighted by atomic mass is 10.1. The van der Waals surface area contributed by atoms with Crippen molar-refractivity contribution in [2.45, 2.75) is 12.5 Å². The van der Waals surface area contributed by atoms with Gasteiger partial charge in [0.2, 0.25) is 0 Å². The van der Waals surface area contributed by atoms with Gasteiger partial charge in [-0.2, -0.15) is 0 Å². The molecule has 0 radical (unpaired) electrons. The van der Waals surface area contributed by atoms with Gasteiger partial charge in [0, 0.05) is 13.7 Å². The second-order valence-corrected chi connectivity index (χ2v) is 3.97. The van der Waals surface area contributed by atoms with Gasteiger partial charge in [-0.05, 0) is 6.92 Å². The third kappa shape index (κ3) is 12.0. The second kappa shape index (κ2) is 10.9. The molecule has 0 aliphatic rings. The van der Waals surface area contributed by atoms with Gasteiger partial charge in [0.1, 0.15) is 0 Å². The summed E-state index contributed by atoms with van der Waals surface area (Å²) in [5, 5.41) is 9.52. The molecule has 17 heavy (non-hydrogen) atoms. The molecule has 0 aromatic carbocycles. The number of nitrogens with two attached hydrogens (primary N) is 1. The van der Waals surface area contributed by atoms with Crippen LogP contribution in [0.25, 0.3) is 0 Å². The predicted molar refractivity (Wildman–Crippen MR) is 64.0 cm³/mol. The molecule has 1 atom stereocenters. The smallest absolute Gasteiger partial charge is 0.0973 e. The molecule has 0 bridgehead atoms. The molecule has 0 spiro atoms. The fourth-order valence-corrected chi connectivity index (χ4v) is 0.933. The van der Waals surface area contributed by atoms with Crippen molar-refractivity contribution in [1.29, 1.82) is 0 Å². The zero-order chi connectivity index (χ0) is 13.0. The molecule has 104 valence electrons. The third-order valence-electron chi connectivity index (χ3n) is 2.03. The van der Waals surface area contributed by atoms with E-state index in [0.717, 1.165) is 0 Å². The highest BCUT2D eigenvalue weighted by Gasteiger charge is 2.17. The van der Waals surface area contributed by atoms with Crippen molar-refractivity contribution in [2.24, 2.45) is 5.73 Å². The highest BCUT2D eigenvalue weighted by Crippen LogP contribution is 2.00. The third-order valence-corrected chi connectivity index (χ3v) is 2.03. The summed E-state index contributed by atoms with van der Waals surface area (Å²) >= 11 is 0. The van der Waals surface area contributed by atoms with E-state index in [0.29, 0.717) is 39.6 Å². The fraction of sp³-hybridized carbons (Fsp3) is 1.00. The molecule has 0 aromatic rings. The number of methoxy groups -OCH3 is 1. The van der Waals surface area contributed by atoms with Crippen LogP contribution in [0, 0.1) is 0 Å². The summed E-state index contributed by atoms with van der Waals surface area (Å²) < 4.78 is 20.5. The Bertz CT molecular complexity index is 166. The zero-order valence-corrected chi connectivity index (χ0v) is 10.8. The molecular weight excluding hydrogens is 226 g/mol. The van der Waals surface area contributed by atoms with Crippen molar-refractivity contribution in [3.63, 3.8) is 0 Å². The first-order valence-corrected chi connectivity index (χ1v) is 5.77. The van der Waals surface area contributed by atoms with E-state index in [9.17, 15) is 5.11 Å². The van der Waals surface area contributed by atoms with Crippen molar-refractivity contribution in [3.8, 4) is 0 Å². The van der Waals surface area contributed by atoms with Crippen LogP contribution in [-0.4, -0.2) is 70.6 Å². The normalized spacial score (nSPS) is 14.8.